The molecule has 2 aromatic rings. The number of anilines is 1. The van der Waals surface area contributed by atoms with E-state index in [0.29, 0.717) is 12.4 Å². The van der Waals surface area contributed by atoms with E-state index >= 15 is 0 Å². The number of hydrogen-bond acceptors (Lipinski definition) is 4. The number of para-hydroxylation sites is 1. The van der Waals surface area contributed by atoms with E-state index in [4.69, 9.17) is 4.74 Å². The van der Waals surface area contributed by atoms with E-state index in [9.17, 15) is 4.79 Å². The van der Waals surface area contributed by atoms with Gasteiger partial charge in [0.2, 0.25) is 0 Å². The molecule has 0 bridgehead atoms. The van der Waals surface area contributed by atoms with Crippen LogP contribution in [0.3, 0.4) is 0 Å². The molecule has 1 aromatic carbocycles. The molecule has 1 saturated heterocycles. The Bertz CT molecular complexity index is 687. The number of carbonyl (C=O) groups excluding carboxylic acids is 1. The fourth-order valence-electron chi connectivity index (χ4n) is 3.22. The quantitative estimate of drug-likeness (QED) is 0.848. The molecule has 1 fully saturated rings. The van der Waals surface area contributed by atoms with Crippen LogP contribution in [-0.4, -0.2) is 42.7 Å². The van der Waals surface area contributed by atoms with Crippen LogP contribution >= 0.6 is 0 Å². The number of pyridine rings is 1. The summed E-state index contributed by atoms with van der Waals surface area (Å²) in [6.45, 7) is 2.58. The maximum Gasteiger partial charge on any atom is 0.320 e. The first-order valence-corrected chi connectivity index (χ1v) is 8.61. The normalized spacial score (nSPS) is 15.6. The first-order chi connectivity index (χ1) is 12.3. The molecule has 2 heterocycles. The Morgan fingerprint density at radius 2 is 1.96 bits per heavy atom. The molecule has 1 atom stereocenters. The third-order valence-electron chi connectivity index (χ3n) is 4.44. The van der Waals surface area contributed by atoms with E-state index in [1.165, 1.54) is 12.8 Å². The molecule has 2 amide bonds. The SMILES string of the molecule is COc1ccccc1[C@H](CNC(=O)Nc1ccccn1)N1CCCC1. The van der Waals surface area contributed by atoms with Crippen LogP contribution in [-0.2, 0) is 0 Å². The second-order valence-electron chi connectivity index (χ2n) is 6.05. The van der Waals surface area contributed by atoms with Gasteiger partial charge in [-0.05, 0) is 44.1 Å². The van der Waals surface area contributed by atoms with Gasteiger partial charge in [0.25, 0.3) is 0 Å². The summed E-state index contributed by atoms with van der Waals surface area (Å²) in [4.78, 5) is 18.7. The minimum Gasteiger partial charge on any atom is -0.496 e. The maximum atomic E-state index is 12.2. The van der Waals surface area contributed by atoms with E-state index < -0.39 is 0 Å². The van der Waals surface area contributed by atoms with Gasteiger partial charge >= 0.3 is 6.03 Å². The van der Waals surface area contributed by atoms with Crippen molar-refractivity contribution >= 4 is 11.8 Å². The Hall–Kier alpha value is -2.60. The van der Waals surface area contributed by atoms with Crippen molar-refractivity contribution in [3.8, 4) is 5.75 Å². The van der Waals surface area contributed by atoms with Crippen LogP contribution in [0.4, 0.5) is 10.6 Å². The third-order valence-corrected chi connectivity index (χ3v) is 4.44. The average molecular weight is 340 g/mol. The van der Waals surface area contributed by atoms with Gasteiger partial charge in [-0.2, -0.15) is 0 Å². The van der Waals surface area contributed by atoms with Crippen molar-refractivity contribution in [2.45, 2.75) is 18.9 Å². The van der Waals surface area contributed by atoms with E-state index in [0.717, 1.165) is 24.4 Å². The number of nitrogens with zero attached hydrogens (tertiary/aromatic N) is 2. The minimum absolute atomic E-state index is 0.0909. The number of hydrogen-bond donors (Lipinski definition) is 2. The van der Waals surface area contributed by atoms with Gasteiger partial charge in [-0.15, -0.1) is 0 Å². The molecule has 0 unspecified atom stereocenters. The highest BCUT2D eigenvalue weighted by atomic mass is 16.5. The number of methoxy groups -OCH3 is 1. The molecular weight excluding hydrogens is 316 g/mol. The molecule has 0 spiro atoms. The molecule has 132 valence electrons. The second-order valence-corrected chi connectivity index (χ2v) is 6.05. The monoisotopic (exact) mass is 340 g/mol. The third kappa shape index (κ3) is 4.48. The van der Waals surface area contributed by atoms with Gasteiger partial charge in [-0.3, -0.25) is 10.2 Å². The Labute approximate surface area is 148 Å². The van der Waals surface area contributed by atoms with Crippen LogP contribution in [0.2, 0.25) is 0 Å². The van der Waals surface area contributed by atoms with Crippen molar-refractivity contribution in [2.24, 2.45) is 0 Å². The highest BCUT2D eigenvalue weighted by Crippen LogP contribution is 2.31. The lowest BCUT2D eigenvalue weighted by Gasteiger charge is -2.29. The molecule has 3 rings (SSSR count). The predicted molar refractivity (Wildman–Crippen MR) is 97.8 cm³/mol. The maximum absolute atomic E-state index is 12.2. The van der Waals surface area contributed by atoms with Crippen LogP contribution in [0.15, 0.2) is 48.7 Å². The van der Waals surface area contributed by atoms with Gasteiger partial charge in [0.1, 0.15) is 11.6 Å². The number of benzene rings is 1. The molecule has 1 aliphatic rings. The Morgan fingerprint density at radius 1 is 1.20 bits per heavy atom. The van der Waals surface area contributed by atoms with Gasteiger partial charge in [-0.25, -0.2) is 9.78 Å². The van der Waals surface area contributed by atoms with E-state index in [1.54, 1.807) is 19.4 Å². The topological polar surface area (TPSA) is 66.5 Å². The van der Waals surface area contributed by atoms with Crippen molar-refractivity contribution in [1.82, 2.24) is 15.2 Å². The minimum atomic E-state index is -0.252. The lowest BCUT2D eigenvalue weighted by Crippen LogP contribution is -2.38. The number of rotatable bonds is 6. The molecule has 6 heteroatoms. The summed E-state index contributed by atoms with van der Waals surface area (Å²) in [5.74, 6) is 1.39. The molecule has 0 saturated carbocycles. The average Bonchev–Trinajstić information content (AvgIpc) is 3.17. The Morgan fingerprint density at radius 3 is 2.68 bits per heavy atom. The zero-order valence-corrected chi connectivity index (χ0v) is 14.4. The number of ether oxygens (including phenoxy) is 1. The summed E-state index contributed by atoms with van der Waals surface area (Å²) in [6.07, 6.45) is 4.02. The van der Waals surface area contributed by atoms with Gasteiger partial charge in [-0.1, -0.05) is 24.3 Å². The first kappa shape index (κ1) is 17.2. The number of likely N-dealkylation sites (tertiary alicyclic amines) is 1. The smallest absolute Gasteiger partial charge is 0.320 e. The molecule has 0 aliphatic carbocycles. The van der Waals surface area contributed by atoms with E-state index in [2.05, 4.69) is 26.6 Å². The number of amides is 2. The van der Waals surface area contributed by atoms with Crippen LogP contribution in [0.5, 0.6) is 5.75 Å². The summed E-state index contributed by atoms with van der Waals surface area (Å²) < 4.78 is 5.52. The number of urea groups is 1. The predicted octanol–water partition coefficient (Wildman–Crippen LogP) is 3.05. The van der Waals surface area contributed by atoms with Gasteiger partial charge in [0.05, 0.1) is 13.2 Å². The van der Waals surface area contributed by atoms with Gasteiger partial charge in [0.15, 0.2) is 0 Å². The largest absolute Gasteiger partial charge is 0.496 e. The zero-order chi connectivity index (χ0) is 17.5. The highest BCUT2D eigenvalue weighted by Gasteiger charge is 2.26. The van der Waals surface area contributed by atoms with Crippen LogP contribution in [0.1, 0.15) is 24.4 Å². The Balaban J connectivity index is 1.69. The summed E-state index contributed by atoms with van der Waals surface area (Å²) in [5.41, 5.74) is 1.10. The summed E-state index contributed by atoms with van der Waals surface area (Å²) >= 11 is 0. The molecular formula is C19H24N4O2. The lowest BCUT2D eigenvalue weighted by molar-refractivity contribution is 0.224. The standard InChI is InChI=1S/C19H24N4O2/c1-25-17-9-3-2-8-15(17)16(23-12-6-7-13-23)14-21-19(24)22-18-10-4-5-11-20-18/h2-5,8-11,16H,6-7,12-14H2,1H3,(H2,20,21,22,24)/t16-/m0/s1. The molecule has 0 radical (unpaired) electrons. The summed E-state index contributed by atoms with van der Waals surface area (Å²) in [7, 11) is 1.68. The molecule has 6 nitrogen and oxygen atoms in total. The van der Waals surface area contributed by atoms with Crippen molar-refractivity contribution in [1.29, 1.82) is 0 Å². The van der Waals surface area contributed by atoms with Gasteiger partial charge in [0, 0.05) is 18.3 Å². The van der Waals surface area contributed by atoms with Crippen LogP contribution in [0, 0.1) is 0 Å². The van der Waals surface area contributed by atoms with E-state index in [1.807, 2.05) is 30.3 Å². The fraction of sp³-hybridized carbons (Fsp3) is 0.368. The molecule has 1 aromatic heterocycles. The van der Waals surface area contributed by atoms with Crippen molar-refractivity contribution < 1.29 is 9.53 Å². The van der Waals surface area contributed by atoms with Gasteiger partial charge < -0.3 is 10.1 Å². The molecule has 25 heavy (non-hydrogen) atoms. The lowest BCUT2D eigenvalue weighted by atomic mass is 10.0. The number of carbonyl (C=O) groups is 1. The Kier molecular flexibility index (Phi) is 5.85. The molecule has 1 aliphatic heterocycles. The first-order valence-electron chi connectivity index (χ1n) is 8.61. The number of aromatic nitrogens is 1. The van der Waals surface area contributed by atoms with Crippen LogP contribution < -0.4 is 15.4 Å². The number of nitrogens with one attached hydrogen (secondary N) is 2. The second kappa shape index (κ2) is 8.48. The fourth-order valence-corrected chi connectivity index (χ4v) is 3.22. The highest BCUT2D eigenvalue weighted by molar-refractivity contribution is 5.88. The summed E-state index contributed by atoms with van der Waals surface area (Å²) in [5, 5.41) is 5.73. The molecule has 2 N–H and O–H groups in total. The zero-order valence-electron chi connectivity index (χ0n) is 14.4. The summed E-state index contributed by atoms with van der Waals surface area (Å²) in [6, 6.07) is 13.3. The van der Waals surface area contributed by atoms with E-state index in [-0.39, 0.29) is 12.1 Å². The van der Waals surface area contributed by atoms with Crippen molar-refractivity contribution in [3.05, 3.63) is 54.2 Å². The van der Waals surface area contributed by atoms with Crippen molar-refractivity contribution in [3.63, 3.8) is 0 Å². The van der Waals surface area contributed by atoms with Crippen molar-refractivity contribution in [2.75, 3.05) is 32.1 Å². The van der Waals surface area contributed by atoms with Crippen LogP contribution in [0.25, 0.3) is 0 Å².